The van der Waals surface area contributed by atoms with Crippen LogP contribution in [-0.4, -0.2) is 49.1 Å². The van der Waals surface area contributed by atoms with Crippen molar-refractivity contribution in [2.45, 2.75) is 30.7 Å². The van der Waals surface area contributed by atoms with E-state index in [0.29, 0.717) is 26.1 Å². The molecule has 1 atom stereocenters. The zero-order valence-electron chi connectivity index (χ0n) is 11.7. The van der Waals surface area contributed by atoms with Gasteiger partial charge in [-0.3, -0.25) is 0 Å². The number of hydrogen-bond donors (Lipinski definition) is 0. The van der Waals surface area contributed by atoms with E-state index in [0.717, 1.165) is 29.6 Å². The van der Waals surface area contributed by atoms with E-state index < -0.39 is 27.1 Å². The first kappa shape index (κ1) is 16.0. The Morgan fingerprint density at radius 1 is 1.23 bits per heavy atom. The standard InChI is InChI=1S/C12H16F3N3O2S2/c13-12(14,15)10-8-21-11(16-10)17-6-3-9(7-17)22(19,20)18-4-1-2-5-18/h8-9H,1-7H2. The first-order valence-electron chi connectivity index (χ1n) is 7.05. The molecule has 2 aliphatic rings. The van der Waals surface area contributed by atoms with Crippen LogP contribution in [0.15, 0.2) is 5.38 Å². The number of hydrogen-bond acceptors (Lipinski definition) is 5. The lowest BCUT2D eigenvalue weighted by Crippen LogP contribution is -2.38. The third-order valence-electron chi connectivity index (χ3n) is 4.04. The number of sulfonamides is 1. The summed E-state index contributed by atoms with van der Waals surface area (Å²) in [5.41, 5.74) is -0.918. The van der Waals surface area contributed by atoms with Crippen molar-refractivity contribution >= 4 is 26.5 Å². The van der Waals surface area contributed by atoms with E-state index in [-0.39, 0.29) is 11.7 Å². The number of rotatable bonds is 3. The summed E-state index contributed by atoms with van der Waals surface area (Å²) in [5, 5.41) is 0.660. The maximum absolute atomic E-state index is 12.6. The predicted octanol–water partition coefficient (Wildman–Crippen LogP) is 2.17. The van der Waals surface area contributed by atoms with E-state index in [1.807, 2.05) is 0 Å². The molecule has 2 aliphatic heterocycles. The molecule has 0 aliphatic carbocycles. The Morgan fingerprint density at radius 3 is 2.50 bits per heavy atom. The summed E-state index contributed by atoms with van der Waals surface area (Å²) in [6, 6.07) is 0. The molecule has 0 radical (unpaired) electrons. The number of halogens is 3. The van der Waals surface area contributed by atoms with Crippen molar-refractivity contribution in [3.8, 4) is 0 Å². The molecule has 1 aromatic heterocycles. The van der Waals surface area contributed by atoms with Crippen LogP contribution in [-0.2, 0) is 16.2 Å². The molecule has 124 valence electrons. The van der Waals surface area contributed by atoms with Crippen molar-refractivity contribution in [2.75, 3.05) is 31.1 Å². The molecule has 0 spiro atoms. The van der Waals surface area contributed by atoms with Crippen LogP contribution in [0.1, 0.15) is 25.0 Å². The van der Waals surface area contributed by atoms with Crippen molar-refractivity contribution in [2.24, 2.45) is 0 Å². The summed E-state index contributed by atoms with van der Waals surface area (Å²) >= 11 is 0.905. The topological polar surface area (TPSA) is 53.5 Å². The Morgan fingerprint density at radius 2 is 1.91 bits per heavy atom. The summed E-state index contributed by atoms with van der Waals surface area (Å²) in [5.74, 6) is 0. The summed E-state index contributed by atoms with van der Waals surface area (Å²) in [6.07, 6.45) is -2.29. The Labute approximate surface area is 130 Å². The van der Waals surface area contributed by atoms with E-state index in [2.05, 4.69) is 4.98 Å². The summed E-state index contributed by atoms with van der Waals surface area (Å²) in [6.45, 7) is 1.73. The number of alkyl halides is 3. The lowest BCUT2D eigenvalue weighted by Gasteiger charge is -2.21. The van der Waals surface area contributed by atoms with Gasteiger partial charge in [0.25, 0.3) is 0 Å². The van der Waals surface area contributed by atoms with Crippen LogP contribution in [0.5, 0.6) is 0 Å². The van der Waals surface area contributed by atoms with Crippen LogP contribution in [0.2, 0.25) is 0 Å². The third-order valence-corrected chi connectivity index (χ3v) is 7.26. The number of nitrogens with zero attached hydrogens (tertiary/aromatic N) is 3. The zero-order chi connectivity index (χ0) is 16.0. The lowest BCUT2D eigenvalue weighted by molar-refractivity contribution is -0.140. The van der Waals surface area contributed by atoms with Crippen LogP contribution in [0.25, 0.3) is 0 Å². The minimum atomic E-state index is -4.46. The molecule has 5 nitrogen and oxygen atoms in total. The van der Waals surface area contributed by atoms with Gasteiger partial charge in [0.05, 0.1) is 5.25 Å². The van der Waals surface area contributed by atoms with Gasteiger partial charge in [-0.1, -0.05) is 0 Å². The van der Waals surface area contributed by atoms with Gasteiger partial charge >= 0.3 is 6.18 Å². The molecule has 0 bridgehead atoms. The van der Waals surface area contributed by atoms with Crippen molar-refractivity contribution in [3.63, 3.8) is 0 Å². The fourth-order valence-corrected chi connectivity index (χ4v) is 5.67. The van der Waals surface area contributed by atoms with Gasteiger partial charge in [0.1, 0.15) is 0 Å². The molecule has 0 saturated carbocycles. The van der Waals surface area contributed by atoms with Crippen LogP contribution >= 0.6 is 11.3 Å². The molecular formula is C12H16F3N3O2S2. The largest absolute Gasteiger partial charge is 0.434 e. The van der Waals surface area contributed by atoms with E-state index in [9.17, 15) is 21.6 Å². The molecular weight excluding hydrogens is 339 g/mol. The van der Waals surface area contributed by atoms with Crippen molar-refractivity contribution in [1.82, 2.24) is 9.29 Å². The average molecular weight is 355 g/mol. The third kappa shape index (κ3) is 2.95. The molecule has 1 unspecified atom stereocenters. The van der Waals surface area contributed by atoms with E-state index >= 15 is 0 Å². The molecule has 1 aromatic rings. The first-order chi connectivity index (χ1) is 10.3. The second kappa shape index (κ2) is 5.64. The molecule has 0 aromatic carbocycles. The van der Waals surface area contributed by atoms with Crippen molar-refractivity contribution in [3.05, 3.63) is 11.1 Å². The number of aromatic nitrogens is 1. The second-order valence-electron chi connectivity index (χ2n) is 5.52. The smallest absolute Gasteiger partial charge is 0.347 e. The first-order valence-corrected chi connectivity index (χ1v) is 9.43. The quantitative estimate of drug-likeness (QED) is 0.834. The highest BCUT2D eigenvalue weighted by atomic mass is 32.2. The van der Waals surface area contributed by atoms with Crippen LogP contribution < -0.4 is 4.90 Å². The van der Waals surface area contributed by atoms with Gasteiger partial charge in [-0.15, -0.1) is 11.3 Å². The second-order valence-corrected chi connectivity index (χ2v) is 8.57. The van der Waals surface area contributed by atoms with E-state index in [1.54, 1.807) is 4.90 Å². The van der Waals surface area contributed by atoms with Gasteiger partial charge in [-0.25, -0.2) is 17.7 Å². The van der Waals surface area contributed by atoms with Crippen LogP contribution in [0, 0.1) is 0 Å². The molecule has 22 heavy (non-hydrogen) atoms. The van der Waals surface area contributed by atoms with Crippen LogP contribution in [0.4, 0.5) is 18.3 Å². The van der Waals surface area contributed by atoms with Gasteiger partial charge < -0.3 is 4.90 Å². The zero-order valence-corrected chi connectivity index (χ0v) is 13.3. The van der Waals surface area contributed by atoms with E-state index in [4.69, 9.17) is 0 Å². The summed E-state index contributed by atoms with van der Waals surface area (Å²) in [7, 11) is -3.35. The molecule has 0 N–H and O–H groups in total. The highest BCUT2D eigenvalue weighted by Gasteiger charge is 2.40. The van der Waals surface area contributed by atoms with Crippen molar-refractivity contribution in [1.29, 1.82) is 0 Å². The Balaban J connectivity index is 1.71. The van der Waals surface area contributed by atoms with Gasteiger partial charge in [0, 0.05) is 31.6 Å². The van der Waals surface area contributed by atoms with E-state index in [1.165, 1.54) is 4.31 Å². The maximum atomic E-state index is 12.6. The highest BCUT2D eigenvalue weighted by Crippen LogP contribution is 2.35. The normalized spacial score (nSPS) is 24.3. The Kier molecular flexibility index (Phi) is 4.11. The fourth-order valence-electron chi connectivity index (χ4n) is 2.84. The maximum Gasteiger partial charge on any atom is 0.434 e. The SMILES string of the molecule is O=S(=O)(C1CCN(c2nc(C(F)(F)F)cs2)C1)N1CCCC1. The number of thiazole rings is 1. The fraction of sp³-hybridized carbons (Fsp3) is 0.750. The molecule has 3 rings (SSSR count). The average Bonchev–Trinajstić information content (AvgIpc) is 3.18. The van der Waals surface area contributed by atoms with Gasteiger partial charge in [0.2, 0.25) is 10.0 Å². The predicted molar refractivity (Wildman–Crippen MR) is 77.5 cm³/mol. The molecule has 2 saturated heterocycles. The molecule has 3 heterocycles. The lowest BCUT2D eigenvalue weighted by atomic mass is 10.4. The summed E-state index contributed by atoms with van der Waals surface area (Å²) in [4.78, 5) is 5.23. The summed E-state index contributed by atoms with van der Waals surface area (Å²) < 4.78 is 64.2. The van der Waals surface area contributed by atoms with Crippen molar-refractivity contribution < 1.29 is 21.6 Å². The monoisotopic (exact) mass is 355 g/mol. The Hall–Kier alpha value is -0.870. The highest BCUT2D eigenvalue weighted by molar-refractivity contribution is 7.89. The minimum absolute atomic E-state index is 0.212. The van der Waals surface area contributed by atoms with Gasteiger partial charge in [-0.05, 0) is 19.3 Å². The molecule has 0 amide bonds. The Bertz CT molecular complexity index is 638. The minimum Gasteiger partial charge on any atom is -0.347 e. The molecule has 10 heteroatoms. The molecule has 2 fully saturated rings. The van der Waals surface area contributed by atoms with Crippen LogP contribution in [0.3, 0.4) is 0 Å². The van der Waals surface area contributed by atoms with Gasteiger partial charge in [-0.2, -0.15) is 13.2 Å². The number of anilines is 1. The van der Waals surface area contributed by atoms with Gasteiger partial charge in [0.15, 0.2) is 10.8 Å².